The molecular formula is C18H13BrN2O2. The quantitative estimate of drug-likeness (QED) is 0.324. The van der Waals surface area contributed by atoms with Crippen LogP contribution in [0.25, 0.3) is 10.8 Å². The molecule has 0 aliphatic heterocycles. The van der Waals surface area contributed by atoms with Crippen molar-refractivity contribution in [3.63, 3.8) is 0 Å². The summed E-state index contributed by atoms with van der Waals surface area (Å²) in [5.41, 5.74) is 0.731. The lowest BCUT2D eigenvalue weighted by molar-refractivity contribution is 0.0616. The average Bonchev–Trinajstić information content (AvgIpc) is 2.60. The SMILES string of the molecule is NN(C(=O)c1ccccc1Br)C(=O)c1cccc2ccccc12. The lowest BCUT2D eigenvalue weighted by Crippen LogP contribution is -2.42. The summed E-state index contributed by atoms with van der Waals surface area (Å²) in [7, 11) is 0. The van der Waals surface area contributed by atoms with Crippen molar-refractivity contribution in [2.75, 3.05) is 0 Å². The van der Waals surface area contributed by atoms with Gasteiger partial charge in [-0.05, 0) is 44.9 Å². The number of nitrogens with zero attached hydrogens (tertiary/aromatic N) is 1. The van der Waals surface area contributed by atoms with Crippen LogP contribution >= 0.6 is 15.9 Å². The summed E-state index contributed by atoms with van der Waals surface area (Å²) in [5, 5.41) is 2.33. The first-order chi connectivity index (χ1) is 11.1. The number of fused-ring (bicyclic) bond motifs is 1. The minimum atomic E-state index is -0.560. The van der Waals surface area contributed by atoms with Crippen molar-refractivity contribution in [3.05, 3.63) is 82.3 Å². The van der Waals surface area contributed by atoms with Gasteiger partial charge < -0.3 is 0 Å². The molecule has 0 atom stereocenters. The number of nitrogens with two attached hydrogens (primary N) is 1. The molecule has 0 spiro atoms. The van der Waals surface area contributed by atoms with Crippen LogP contribution in [0.4, 0.5) is 0 Å². The van der Waals surface area contributed by atoms with Crippen LogP contribution in [0.3, 0.4) is 0 Å². The van der Waals surface area contributed by atoms with Crippen molar-refractivity contribution in [1.82, 2.24) is 5.01 Å². The summed E-state index contributed by atoms with van der Waals surface area (Å²) in [6, 6.07) is 19.7. The first-order valence-corrected chi connectivity index (χ1v) is 7.74. The van der Waals surface area contributed by atoms with E-state index in [9.17, 15) is 9.59 Å². The minimum absolute atomic E-state index is 0.337. The molecule has 0 saturated heterocycles. The monoisotopic (exact) mass is 368 g/mol. The Morgan fingerprint density at radius 2 is 1.35 bits per heavy atom. The molecule has 2 amide bonds. The Hall–Kier alpha value is -2.50. The lowest BCUT2D eigenvalue weighted by Gasteiger charge is -2.16. The Morgan fingerprint density at radius 3 is 2.13 bits per heavy atom. The van der Waals surface area contributed by atoms with Crippen LogP contribution in [-0.4, -0.2) is 16.8 Å². The lowest BCUT2D eigenvalue weighted by atomic mass is 10.0. The largest absolute Gasteiger partial charge is 0.276 e. The van der Waals surface area contributed by atoms with Crippen LogP contribution in [0.15, 0.2) is 71.2 Å². The van der Waals surface area contributed by atoms with Gasteiger partial charge in [0.25, 0.3) is 11.8 Å². The van der Waals surface area contributed by atoms with Gasteiger partial charge in [0.15, 0.2) is 0 Å². The van der Waals surface area contributed by atoms with E-state index in [1.165, 1.54) is 0 Å². The number of benzene rings is 3. The molecule has 0 saturated carbocycles. The molecule has 3 aromatic carbocycles. The maximum Gasteiger partial charge on any atom is 0.276 e. The molecule has 0 radical (unpaired) electrons. The second-order valence-electron chi connectivity index (χ2n) is 4.99. The Balaban J connectivity index is 1.99. The van der Waals surface area contributed by atoms with E-state index in [2.05, 4.69) is 15.9 Å². The van der Waals surface area contributed by atoms with E-state index in [1.807, 2.05) is 30.3 Å². The van der Waals surface area contributed by atoms with Crippen LogP contribution in [0.2, 0.25) is 0 Å². The van der Waals surface area contributed by atoms with Gasteiger partial charge >= 0.3 is 0 Å². The number of hydrazine groups is 1. The average molecular weight is 369 g/mol. The van der Waals surface area contributed by atoms with Crippen molar-refractivity contribution in [1.29, 1.82) is 0 Å². The number of rotatable bonds is 2. The molecule has 5 heteroatoms. The Morgan fingerprint density at radius 1 is 0.783 bits per heavy atom. The molecule has 0 aliphatic carbocycles. The summed E-state index contributed by atoms with van der Waals surface area (Å²) in [6.45, 7) is 0. The first-order valence-electron chi connectivity index (χ1n) is 6.95. The van der Waals surface area contributed by atoms with Crippen molar-refractivity contribution in [2.24, 2.45) is 5.84 Å². The highest BCUT2D eigenvalue weighted by Crippen LogP contribution is 2.21. The van der Waals surface area contributed by atoms with Gasteiger partial charge in [0.2, 0.25) is 0 Å². The van der Waals surface area contributed by atoms with Gasteiger partial charge in [-0.25, -0.2) is 10.9 Å². The molecule has 3 rings (SSSR count). The van der Waals surface area contributed by atoms with E-state index in [4.69, 9.17) is 5.84 Å². The predicted molar refractivity (Wildman–Crippen MR) is 92.8 cm³/mol. The van der Waals surface area contributed by atoms with E-state index in [-0.39, 0.29) is 0 Å². The van der Waals surface area contributed by atoms with E-state index < -0.39 is 11.8 Å². The van der Waals surface area contributed by atoms with Gasteiger partial charge in [-0.2, -0.15) is 0 Å². The molecule has 0 unspecified atom stereocenters. The van der Waals surface area contributed by atoms with Crippen molar-refractivity contribution < 1.29 is 9.59 Å². The van der Waals surface area contributed by atoms with Gasteiger partial charge in [-0.1, -0.05) is 48.5 Å². The number of carbonyl (C=O) groups is 2. The van der Waals surface area contributed by atoms with E-state index in [1.54, 1.807) is 36.4 Å². The van der Waals surface area contributed by atoms with E-state index in [0.717, 1.165) is 10.8 Å². The standard InChI is InChI=1S/C18H13BrN2O2/c19-16-11-4-3-9-15(16)18(23)21(20)17(22)14-10-5-7-12-6-1-2-8-13(12)14/h1-11H,20H2. The predicted octanol–water partition coefficient (Wildman–Crippen LogP) is 3.76. The summed E-state index contributed by atoms with van der Waals surface area (Å²) in [6.07, 6.45) is 0. The zero-order valence-corrected chi connectivity index (χ0v) is 13.7. The van der Waals surface area contributed by atoms with Crippen LogP contribution < -0.4 is 5.84 Å². The van der Waals surface area contributed by atoms with Gasteiger partial charge in [0, 0.05) is 10.0 Å². The van der Waals surface area contributed by atoms with Crippen molar-refractivity contribution in [3.8, 4) is 0 Å². The third kappa shape index (κ3) is 2.88. The number of hydrogen-bond acceptors (Lipinski definition) is 3. The topological polar surface area (TPSA) is 63.4 Å². The Bertz CT molecular complexity index is 903. The van der Waals surface area contributed by atoms with Crippen LogP contribution in [0, 0.1) is 0 Å². The fourth-order valence-electron chi connectivity index (χ4n) is 2.40. The summed E-state index contributed by atoms with van der Waals surface area (Å²) in [4.78, 5) is 25.1. The third-order valence-corrected chi connectivity index (χ3v) is 4.25. The van der Waals surface area contributed by atoms with Gasteiger partial charge in [0.1, 0.15) is 0 Å². The van der Waals surface area contributed by atoms with Crippen LogP contribution in [-0.2, 0) is 0 Å². The third-order valence-electron chi connectivity index (χ3n) is 3.56. The molecule has 23 heavy (non-hydrogen) atoms. The molecule has 2 N–H and O–H groups in total. The summed E-state index contributed by atoms with van der Waals surface area (Å²) >= 11 is 3.30. The molecule has 3 aromatic rings. The Kier molecular flexibility index (Phi) is 4.23. The highest BCUT2D eigenvalue weighted by atomic mass is 79.9. The molecule has 0 bridgehead atoms. The van der Waals surface area contributed by atoms with Gasteiger partial charge in [0.05, 0.1) is 5.56 Å². The first kappa shape index (κ1) is 15.4. The zero-order valence-electron chi connectivity index (χ0n) is 12.1. The molecule has 4 nitrogen and oxygen atoms in total. The van der Waals surface area contributed by atoms with Gasteiger partial charge in [-0.15, -0.1) is 0 Å². The molecular weight excluding hydrogens is 356 g/mol. The van der Waals surface area contributed by atoms with Crippen LogP contribution in [0.5, 0.6) is 0 Å². The van der Waals surface area contributed by atoms with Crippen LogP contribution in [0.1, 0.15) is 20.7 Å². The second-order valence-corrected chi connectivity index (χ2v) is 5.84. The highest BCUT2D eigenvalue weighted by molar-refractivity contribution is 9.10. The second kappa shape index (κ2) is 6.32. The minimum Gasteiger partial charge on any atom is -0.267 e. The molecule has 0 fully saturated rings. The number of imide groups is 1. The summed E-state index contributed by atoms with van der Waals surface area (Å²) in [5.74, 6) is 4.70. The molecule has 0 aliphatic rings. The van der Waals surface area contributed by atoms with Crippen molar-refractivity contribution >= 4 is 38.5 Å². The Labute approximate surface area is 141 Å². The maximum absolute atomic E-state index is 12.6. The molecule has 0 heterocycles. The van der Waals surface area contributed by atoms with Crippen molar-refractivity contribution in [2.45, 2.75) is 0 Å². The smallest absolute Gasteiger partial charge is 0.267 e. The number of hydrogen-bond donors (Lipinski definition) is 1. The highest BCUT2D eigenvalue weighted by Gasteiger charge is 2.23. The number of carbonyl (C=O) groups excluding carboxylic acids is 2. The van der Waals surface area contributed by atoms with E-state index in [0.29, 0.717) is 20.6 Å². The normalized spacial score (nSPS) is 10.5. The number of amides is 2. The fourth-order valence-corrected chi connectivity index (χ4v) is 2.85. The van der Waals surface area contributed by atoms with Gasteiger partial charge in [-0.3, -0.25) is 9.59 Å². The maximum atomic E-state index is 12.6. The molecule has 0 aromatic heterocycles. The summed E-state index contributed by atoms with van der Waals surface area (Å²) < 4.78 is 0.589. The fraction of sp³-hybridized carbons (Fsp3) is 0. The molecule has 114 valence electrons. The number of halogens is 1. The zero-order chi connectivity index (χ0) is 16.4. The van der Waals surface area contributed by atoms with E-state index >= 15 is 0 Å².